The van der Waals surface area contributed by atoms with E-state index in [1.165, 1.54) is 26.4 Å². The van der Waals surface area contributed by atoms with Gasteiger partial charge in [0.05, 0.1) is 20.9 Å². The number of nitrogens with zero attached hydrogens (tertiary/aromatic N) is 2. The third-order valence-corrected chi connectivity index (χ3v) is 1.11. The fourth-order valence-electron chi connectivity index (χ4n) is 0.426. The van der Waals surface area contributed by atoms with Gasteiger partial charge in [0.25, 0.3) is 0 Å². The highest BCUT2D eigenvalue weighted by molar-refractivity contribution is 5.69. The van der Waals surface area contributed by atoms with Crippen LogP contribution in [0.3, 0.4) is 0 Å². The quantitative estimate of drug-likeness (QED) is 0.388. The molecule has 0 rings (SSSR count). The van der Waals surface area contributed by atoms with Crippen LogP contribution in [0.1, 0.15) is 0 Å². The summed E-state index contributed by atoms with van der Waals surface area (Å²) >= 11 is 0. The van der Waals surface area contributed by atoms with Crippen molar-refractivity contribution in [2.75, 3.05) is 27.6 Å². The Morgan fingerprint density at radius 2 is 1.39 bits per heavy atom. The molecular formula is C8H12N4O6. The van der Waals surface area contributed by atoms with Gasteiger partial charge in [0.1, 0.15) is 0 Å². The Hall–Kier alpha value is -2.70. The summed E-state index contributed by atoms with van der Waals surface area (Å²) in [7, 11) is 2.46. The molecule has 0 bridgehead atoms. The Kier molecular flexibility index (Phi) is 14.1. The van der Waals surface area contributed by atoms with Crippen LogP contribution in [0.15, 0.2) is 9.98 Å². The number of carbonyl (C=O) groups is 2. The average Bonchev–Trinajstić information content (AvgIpc) is 2.39. The van der Waals surface area contributed by atoms with E-state index in [1.807, 2.05) is 0 Å². The zero-order chi connectivity index (χ0) is 14.2. The molecule has 0 atom stereocenters. The van der Waals surface area contributed by atoms with Gasteiger partial charge in [0.15, 0.2) is 6.67 Å². The molecule has 2 N–H and O–H groups in total. The first-order valence-electron chi connectivity index (χ1n) is 4.33. The third-order valence-electron chi connectivity index (χ3n) is 1.11. The van der Waals surface area contributed by atoms with E-state index < -0.39 is 12.2 Å². The van der Waals surface area contributed by atoms with Crippen molar-refractivity contribution in [3.8, 4) is 0 Å². The van der Waals surface area contributed by atoms with Gasteiger partial charge in [-0.1, -0.05) is 0 Å². The van der Waals surface area contributed by atoms with Gasteiger partial charge in [-0.15, -0.1) is 0 Å². The van der Waals surface area contributed by atoms with Crippen molar-refractivity contribution in [3.05, 3.63) is 0 Å². The van der Waals surface area contributed by atoms with E-state index in [-0.39, 0.29) is 13.3 Å². The van der Waals surface area contributed by atoms with Gasteiger partial charge in [0, 0.05) is 0 Å². The lowest BCUT2D eigenvalue weighted by Gasteiger charge is -2.03. The summed E-state index contributed by atoms with van der Waals surface area (Å²) in [6.45, 7) is -0.174. The SMILES string of the molecule is COC(=O)NCNC(=O)OC.O=C=NCN=C=O. The Bertz CT molecular complexity index is 313. The third kappa shape index (κ3) is 15.8. The molecule has 0 aliphatic rings. The van der Waals surface area contributed by atoms with E-state index in [1.54, 1.807) is 0 Å². The van der Waals surface area contributed by atoms with Gasteiger partial charge >= 0.3 is 12.2 Å². The van der Waals surface area contributed by atoms with Gasteiger partial charge in [-0.05, 0) is 0 Å². The Morgan fingerprint density at radius 3 is 1.67 bits per heavy atom. The molecule has 0 aromatic carbocycles. The predicted octanol–water partition coefficient (Wildman–Crippen LogP) is -0.729. The van der Waals surface area contributed by atoms with Gasteiger partial charge < -0.3 is 20.1 Å². The zero-order valence-electron chi connectivity index (χ0n) is 9.76. The summed E-state index contributed by atoms with van der Waals surface area (Å²) in [5.74, 6) is 0. The molecular weight excluding hydrogens is 248 g/mol. The zero-order valence-corrected chi connectivity index (χ0v) is 9.76. The molecule has 0 saturated carbocycles. The van der Waals surface area contributed by atoms with Gasteiger partial charge in [-0.3, -0.25) is 0 Å². The highest BCUT2D eigenvalue weighted by atomic mass is 16.5. The molecule has 0 radical (unpaired) electrons. The highest BCUT2D eigenvalue weighted by Gasteiger charge is 1.99. The second kappa shape index (κ2) is 14.3. The number of nitrogens with one attached hydrogen (secondary N) is 2. The number of aliphatic imine (C=N–C) groups is 2. The molecule has 0 aromatic rings. The lowest BCUT2D eigenvalue weighted by molar-refractivity contribution is 0.162. The van der Waals surface area contributed by atoms with Crippen molar-refractivity contribution in [1.29, 1.82) is 0 Å². The number of methoxy groups -OCH3 is 2. The van der Waals surface area contributed by atoms with E-state index in [4.69, 9.17) is 0 Å². The van der Waals surface area contributed by atoms with Crippen LogP contribution >= 0.6 is 0 Å². The van der Waals surface area contributed by atoms with Gasteiger partial charge in [-0.25, -0.2) is 19.2 Å². The molecule has 18 heavy (non-hydrogen) atoms. The smallest absolute Gasteiger partial charge is 0.408 e. The number of amides is 2. The van der Waals surface area contributed by atoms with Crippen LogP contribution in [0.5, 0.6) is 0 Å². The van der Waals surface area contributed by atoms with Crippen LogP contribution in [0.25, 0.3) is 0 Å². The average molecular weight is 260 g/mol. The molecule has 0 heterocycles. The van der Waals surface area contributed by atoms with Crippen LogP contribution in [-0.2, 0) is 19.1 Å². The number of alkyl carbamates (subject to hydrolysis) is 2. The second-order valence-corrected chi connectivity index (χ2v) is 2.15. The molecule has 0 saturated heterocycles. The van der Waals surface area contributed by atoms with Crippen LogP contribution in [0.4, 0.5) is 9.59 Å². The largest absolute Gasteiger partial charge is 0.453 e. The first-order chi connectivity index (χ1) is 8.62. The van der Waals surface area contributed by atoms with Gasteiger partial charge in [-0.2, -0.15) is 9.98 Å². The lowest BCUT2D eigenvalue weighted by Crippen LogP contribution is -2.36. The number of isocyanates is 2. The van der Waals surface area contributed by atoms with Crippen LogP contribution in [0.2, 0.25) is 0 Å². The first kappa shape index (κ1) is 17.7. The summed E-state index contributed by atoms with van der Waals surface area (Å²) in [6.07, 6.45) is 1.19. The van der Waals surface area contributed by atoms with Crippen molar-refractivity contribution in [2.45, 2.75) is 0 Å². The predicted molar refractivity (Wildman–Crippen MR) is 57.1 cm³/mol. The minimum absolute atomic E-state index is 0.0145. The second-order valence-electron chi connectivity index (χ2n) is 2.15. The Balaban J connectivity index is 0. The monoisotopic (exact) mass is 260 g/mol. The maximum absolute atomic E-state index is 10.4. The topological polar surface area (TPSA) is 136 Å². The molecule has 0 fully saturated rings. The Labute approximate surface area is 102 Å². The van der Waals surface area contributed by atoms with Crippen LogP contribution < -0.4 is 10.6 Å². The number of ether oxygens (including phenoxy) is 2. The normalized spacial score (nSPS) is 7.22. The number of carbonyl (C=O) groups excluding carboxylic acids is 4. The minimum Gasteiger partial charge on any atom is -0.453 e. The maximum atomic E-state index is 10.4. The molecule has 0 aliphatic carbocycles. The molecule has 100 valence electrons. The molecule has 0 aliphatic heterocycles. The summed E-state index contributed by atoms with van der Waals surface area (Å²) in [5, 5.41) is 4.45. The fraction of sp³-hybridized carbons (Fsp3) is 0.500. The van der Waals surface area contributed by atoms with E-state index in [0.29, 0.717) is 0 Å². The van der Waals surface area contributed by atoms with E-state index in [2.05, 4.69) is 30.1 Å². The van der Waals surface area contributed by atoms with Crippen molar-refractivity contribution in [1.82, 2.24) is 10.6 Å². The number of hydrogen-bond donors (Lipinski definition) is 2. The fourth-order valence-corrected chi connectivity index (χ4v) is 0.426. The molecule has 0 spiro atoms. The molecule has 0 aromatic heterocycles. The lowest BCUT2D eigenvalue weighted by atomic mass is 10.9. The van der Waals surface area contributed by atoms with Gasteiger partial charge in [0.2, 0.25) is 12.2 Å². The minimum atomic E-state index is -0.610. The van der Waals surface area contributed by atoms with E-state index in [9.17, 15) is 19.2 Å². The van der Waals surface area contributed by atoms with E-state index >= 15 is 0 Å². The van der Waals surface area contributed by atoms with Crippen LogP contribution in [-0.4, -0.2) is 51.9 Å². The maximum Gasteiger partial charge on any atom is 0.408 e. The van der Waals surface area contributed by atoms with Crippen molar-refractivity contribution in [2.24, 2.45) is 9.98 Å². The van der Waals surface area contributed by atoms with Crippen molar-refractivity contribution in [3.63, 3.8) is 0 Å². The Morgan fingerprint density at radius 1 is 1.00 bits per heavy atom. The summed E-state index contributed by atoms with van der Waals surface area (Å²) < 4.78 is 8.45. The van der Waals surface area contributed by atoms with Crippen molar-refractivity contribution < 1.29 is 28.7 Å². The van der Waals surface area contributed by atoms with Crippen molar-refractivity contribution >= 4 is 24.3 Å². The number of hydrogen-bond acceptors (Lipinski definition) is 8. The summed E-state index contributed by atoms with van der Waals surface area (Å²) in [5.41, 5.74) is 0. The number of rotatable bonds is 4. The standard InChI is InChI=1S/C5H10N2O4.C3H2N2O2/c1-10-4(8)6-3-7-5(9)11-2;6-2-4-1-5-3-7/h3H2,1-2H3,(H,6,8)(H,7,9);1H2. The summed E-state index contributed by atoms with van der Waals surface area (Å²) in [6, 6.07) is 0. The van der Waals surface area contributed by atoms with E-state index in [0.717, 1.165) is 0 Å². The molecule has 10 nitrogen and oxygen atoms in total. The van der Waals surface area contributed by atoms with Crippen LogP contribution in [0, 0.1) is 0 Å². The highest BCUT2D eigenvalue weighted by Crippen LogP contribution is 1.70. The first-order valence-corrected chi connectivity index (χ1v) is 4.33. The molecule has 0 unspecified atom stereocenters. The molecule has 10 heteroatoms. The summed E-state index contributed by atoms with van der Waals surface area (Å²) in [4.78, 5) is 45.0. The molecule has 2 amide bonds.